The van der Waals surface area contributed by atoms with Crippen molar-refractivity contribution >= 4 is 41.6 Å². The number of carbonyl (C=O) groups is 2. The van der Waals surface area contributed by atoms with Crippen molar-refractivity contribution in [1.82, 2.24) is 9.55 Å². The molecule has 1 unspecified atom stereocenters. The Kier molecular flexibility index (Phi) is 8.84. The molecule has 0 saturated carbocycles. The van der Waals surface area contributed by atoms with Crippen LogP contribution in [0, 0.1) is 6.92 Å². The summed E-state index contributed by atoms with van der Waals surface area (Å²) in [6.07, 6.45) is -0.165. The molecule has 0 spiro atoms. The maximum atomic E-state index is 13.2. The zero-order valence-electron chi connectivity index (χ0n) is 20.6. The minimum absolute atomic E-state index is 0.00820. The second kappa shape index (κ2) is 11.9. The van der Waals surface area contributed by atoms with Gasteiger partial charge in [-0.05, 0) is 30.5 Å². The number of carbonyl (C=O) groups excluding carboxylic acids is 2. The Morgan fingerprint density at radius 3 is 2.82 bits per heavy atom. The maximum Gasteiger partial charge on any atom is 0.530 e. The first-order valence-electron chi connectivity index (χ1n) is 11.7. The minimum atomic E-state index is -4.03. The summed E-state index contributed by atoms with van der Waals surface area (Å²) in [6.45, 7) is 2.83. The number of ketones is 1. The van der Waals surface area contributed by atoms with Crippen molar-refractivity contribution in [2.45, 2.75) is 58.2 Å². The highest BCUT2D eigenvalue weighted by molar-refractivity contribution is 9.11. The Morgan fingerprint density at radius 2 is 2.08 bits per heavy atom. The van der Waals surface area contributed by atoms with Gasteiger partial charge in [-0.3, -0.25) is 28.2 Å². The van der Waals surface area contributed by atoms with E-state index < -0.39 is 43.5 Å². The highest BCUT2D eigenvalue weighted by Crippen LogP contribution is 2.55. The zero-order valence-corrected chi connectivity index (χ0v) is 23.1. The van der Waals surface area contributed by atoms with Gasteiger partial charge < -0.3 is 18.8 Å². The summed E-state index contributed by atoms with van der Waals surface area (Å²) in [5.74, 6) is -0.404. The summed E-state index contributed by atoms with van der Waals surface area (Å²) < 4.78 is 42.4. The van der Waals surface area contributed by atoms with Crippen LogP contribution in [0.2, 0.25) is 0 Å². The molecule has 38 heavy (non-hydrogen) atoms. The lowest BCUT2D eigenvalue weighted by molar-refractivity contribution is -0.153. The van der Waals surface area contributed by atoms with Crippen molar-refractivity contribution in [1.29, 1.82) is 0 Å². The Hall–Kier alpha value is -2.83. The van der Waals surface area contributed by atoms with E-state index in [9.17, 15) is 23.7 Å². The fraction of sp³-hybridized carbons (Fsp3) is 0.417. The molecule has 1 N–H and O–H groups in total. The van der Waals surface area contributed by atoms with Crippen LogP contribution >= 0.6 is 23.8 Å². The fourth-order valence-electron chi connectivity index (χ4n) is 4.03. The topological polar surface area (TPSA) is 152 Å². The van der Waals surface area contributed by atoms with Gasteiger partial charge in [-0.15, -0.1) is 0 Å². The highest BCUT2D eigenvalue weighted by atomic mass is 79.9. The first-order chi connectivity index (χ1) is 18.1. The van der Waals surface area contributed by atoms with Gasteiger partial charge in [0.1, 0.15) is 30.0 Å². The van der Waals surface area contributed by atoms with E-state index in [0.717, 1.165) is 15.7 Å². The Morgan fingerprint density at radius 1 is 1.29 bits per heavy atom. The molecule has 12 nitrogen and oxygen atoms in total. The molecule has 2 aliphatic rings. The van der Waals surface area contributed by atoms with Crippen LogP contribution in [0.4, 0.5) is 0 Å². The number of ether oxygens (including phenoxy) is 2. The number of phosphoric ester groups is 1. The van der Waals surface area contributed by atoms with E-state index in [1.54, 1.807) is 19.1 Å². The van der Waals surface area contributed by atoms with Crippen LogP contribution in [0.5, 0.6) is 5.75 Å². The molecule has 0 amide bonds. The van der Waals surface area contributed by atoms with Gasteiger partial charge >= 0.3 is 19.5 Å². The van der Waals surface area contributed by atoms with Crippen molar-refractivity contribution in [2.75, 3.05) is 6.61 Å². The lowest BCUT2D eigenvalue weighted by Gasteiger charge is -2.27. The lowest BCUT2D eigenvalue weighted by Crippen LogP contribution is -2.33. The van der Waals surface area contributed by atoms with Crippen molar-refractivity contribution < 1.29 is 37.2 Å². The van der Waals surface area contributed by atoms with Gasteiger partial charge in [-0.2, -0.15) is 0 Å². The van der Waals surface area contributed by atoms with Crippen molar-refractivity contribution in [3.63, 3.8) is 0 Å². The number of aromatic nitrogens is 2. The Balaban J connectivity index is 1.53. The number of halogens is 1. The number of rotatable bonds is 9. The molecule has 14 heteroatoms. The summed E-state index contributed by atoms with van der Waals surface area (Å²) in [7, 11) is -4.03. The molecule has 4 atom stereocenters. The molecule has 1 fully saturated rings. The van der Waals surface area contributed by atoms with E-state index in [0.29, 0.717) is 5.75 Å². The largest absolute Gasteiger partial charge is 0.530 e. The summed E-state index contributed by atoms with van der Waals surface area (Å²) in [5.41, 5.74) is 0.346. The predicted molar refractivity (Wildman–Crippen MR) is 138 cm³/mol. The molecule has 1 saturated heterocycles. The maximum absolute atomic E-state index is 13.2. The highest BCUT2D eigenvalue weighted by Gasteiger charge is 2.43. The molecule has 2 aromatic rings. The van der Waals surface area contributed by atoms with Crippen LogP contribution in [-0.2, 0) is 39.3 Å². The van der Waals surface area contributed by atoms with Gasteiger partial charge in [0.2, 0.25) is 0 Å². The molecule has 3 heterocycles. The molecule has 1 aromatic carbocycles. The summed E-state index contributed by atoms with van der Waals surface area (Å²) in [6, 6.07) is 5.41. The van der Waals surface area contributed by atoms with Crippen molar-refractivity contribution in [3.8, 4) is 5.75 Å². The molecule has 204 valence electrons. The molecule has 0 aliphatic carbocycles. The Labute approximate surface area is 225 Å². The van der Waals surface area contributed by atoms with Crippen LogP contribution in [-0.4, -0.2) is 40.1 Å². The van der Waals surface area contributed by atoms with E-state index in [4.69, 9.17) is 23.0 Å². The third-order valence-electron chi connectivity index (χ3n) is 5.96. The SMILES string of the molecule is CC(=O)CCC(=O)O[C@H]1C[C@H](n2cc(/C=C/Br)c(=O)[nH]c2=O)O[C@@H]1COP1(=O)OCc2cccc(C)c2O1. The van der Waals surface area contributed by atoms with E-state index in [1.165, 1.54) is 24.2 Å². The number of phosphoric acid groups is 1. The first-order valence-corrected chi connectivity index (χ1v) is 14.1. The van der Waals surface area contributed by atoms with Crippen molar-refractivity contribution in [2.24, 2.45) is 0 Å². The number of hydrogen-bond acceptors (Lipinski definition) is 10. The molecular weight excluding hydrogens is 587 g/mol. The van der Waals surface area contributed by atoms with Gasteiger partial charge in [-0.1, -0.05) is 34.1 Å². The number of Topliss-reactive ketones (excluding diaryl/α,β-unsaturated/α-hetero) is 1. The first kappa shape index (κ1) is 28.2. The zero-order chi connectivity index (χ0) is 27.4. The normalized spacial score (nSPS) is 24.7. The monoisotopic (exact) mass is 612 g/mol. The third-order valence-corrected chi connectivity index (χ3v) is 7.55. The summed E-state index contributed by atoms with van der Waals surface area (Å²) >= 11 is 3.10. The van der Waals surface area contributed by atoms with Crippen LogP contribution in [0.25, 0.3) is 6.08 Å². The smallest absolute Gasteiger partial charge is 0.459 e. The molecule has 2 aliphatic heterocycles. The number of esters is 1. The third kappa shape index (κ3) is 6.59. The second-order valence-electron chi connectivity index (χ2n) is 8.81. The number of para-hydroxylation sites is 1. The average molecular weight is 613 g/mol. The number of nitrogens with zero attached hydrogens (tertiary/aromatic N) is 1. The quantitative estimate of drug-likeness (QED) is 0.329. The van der Waals surface area contributed by atoms with E-state index in [-0.39, 0.29) is 43.8 Å². The fourth-order valence-corrected chi connectivity index (χ4v) is 5.60. The number of fused-ring (bicyclic) bond motifs is 1. The number of benzene rings is 1. The lowest BCUT2D eigenvalue weighted by atomic mass is 10.1. The van der Waals surface area contributed by atoms with Crippen LogP contribution in [0.1, 0.15) is 49.1 Å². The summed E-state index contributed by atoms with van der Waals surface area (Å²) in [5, 5.41) is 0. The van der Waals surface area contributed by atoms with Crippen LogP contribution < -0.4 is 15.8 Å². The number of hydrogen-bond donors (Lipinski definition) is 1. The number of nitrogens with one attached hydrogen (secondary N) is 1. The molecule has 0 radical (unpaired) electrons. The number of aromatic amines is 1. The van der Waals surface area contributed by atoms with Crippen LogP contribution in [0.15, 0.2) is 39.0 Å². The van der Waals surface area contributed by atoms with Gasteiger partial charge in [0.05, 0.1) is 25.2 Å². The molecule has 0 bridgehead atoms. The standard InChI is InChI=1S/C24H26BrN2O10P/c1-14-4-3-5-17-12-33-38(32,37-22(14)17)34-13-19-18(36-21(29)7-6-15(2)28)10-20(35-19)27-11-16(8-9-25)23(30)26-24(27)31/h3-5,8-9,11,18-20H,6-7,10,12-13H2,1-2H3,(H,26,30,31)/b9-8+/t18-,19+,20+,38?/m0/s1. The van der Waals surface area contributed by atoms with Gasteiger partial charge in [0.15, 0.2) is 0 Å². The van der Waals surface area contributed by atoms with E-state index >= 15 is 0 Å². The van der Waals surface area contributed by atoms with Crippen molar-refractivity contribution in [3.05, 3.63) is 66.9 Å². The average Bonchev–Trinajstić information content (AvgIpc) is 3.26. The van der Waals surface area contributed by atoms with E-state index in [2.05, 4.69) is 20.9 Å². The second-order valence-corrected chi connectivity index (χ2v) is 10.9. The minimum Gasteiger partial charge on any atom is -0.459 e. The molecule has 4 rings (SSSR count). The Bertz CT molecular complexity index is 1420. The van der Waals surface area contributed by atoms with Gasteiger partial charge in [0, 0.05) is 24.6 Å². The molecular formula is C24H26BrN2O10P. The summed E-state index contributed by atoms with van der Waals surface area (Å²) in [4.78, 5) is 51.9. The van der Waals surface area contributed by atoms with Gasteiger partial charge in [-0.25, -0.2) is 9.36 Å². The number of H-pyrrole nitrogens is 1. The molecule has 1 aromatic heterocycles. The van der Waals surface area contributed by atoms with Gasteiger partial charge in [0.25, 0.3) is 5.56 Å². The number of aryl methyl sites for hydroxylation is 1. The van der Waals surface area contributed by atoms with Crippen LogP contribution in [0.3, 0.4) is 0 Å². The van der Waals surface area contributed by atoms with E-state index in [1.807, 2.05) is 6.07 Å². The predicted octanol–water partition coefficient (Wildman–Crippen LogP) is 3.51.